The minimum atomic E-state index is 0.663. The molecule has 1 aromatic carbocycles. The molecule has 2 aliphatic heterocycles. The van der Waals surface area contributed by atoms with E-state index in [0.717, 1.165) is 6.54 Å². The van der Waals surface area contributed by atoms with Gasteiger partial charge in [0.05, 0.1) is 0 Å². The highest BCUT2D eigenvalue weighted by Gasteiger charge is 2.22. The van der Waals surface area contributed by atoms with Crippen molar-refractivity contribution in [3.05, 3.63) is 34.9 Å². The van der Waals surface area contributed by atoms with Gasteiger partial charge >= 0.3 is 0 Å². The van der Waals surface area contributed by atoms with E-state index < -0.39 is 0 Å². The number of nitrogens with one attached hydrogen (secondary N) is 1. The summed E-state index contributed by atoms with van der Waals surface area (Å²) in [6, 6.07) is 7.54. The molecule has 1 atom stereocenters. The highest BCUT2D eigenvalue weighted by molar-refractivity contribution is 5.33. The lowest BCUT2D eigenvalue weighted by Crippen LogP contribution is -2.49. The van der Waals surface area contributed by atoms with Crippen LogP contribution in [-0.4, -0.2) is 30.6 Å². The number of nitrogens with zero attached hydrogens (tertiary/aromatic N) is 1. The maximum absolute atomic E-state index is 3.66. The summed E-state index contributed by atoms with van der Waals surface area (Å²) in [6.45, 7) is 7.06. The van der Waals surface area contributed by atoms with Gasteiger partial charge in [0.15, 0.2) is 0 Å². The van der Waals surface area contributed by atoms with Crippen molar-refractivity contribution < 1.29 is 0 Å². The van der Waals surface area contributed by atoms with Crippen LogP contribution in [-0.2, 0) is 13.0 Å². The van der Waals surface area contributed by atoms with Crippen LogP contribution in [0.2, 0.25) is 0 Å². The van der Waals surface area contributed by atoms with Crippen LogP contribution in [0, 0.1) is 6.92 Å². The molecule has 1 saturated heterocycles. The SMILES string of the molecule is Cc1ccc2c(c1)CNC(CN1CCC1)C2. The molecular weight excluding hydrogens is 196 g/mol. The number of aryl methyl sites for hydroxylation is 1. The smallest absolute Gasteiger partial charge is 0.0238 e. The molecule has 2 aliphatic rings. The van der Waals surface area contributed by atoms with E-state index in [1.807, 2.05) is 0 Å². The summed E-state index contributed by atoms with van der Waals surface area (Å²) in [5.41, 5.74) is 4.43. The van der Waals surface area contributed by atoms with Gasteiger partial charge in [0.2, 0.25) is 0 Å². The molecule has 1 fully saturated rings. The van der Waals surface area contributed by atoms with Crippen LogP contribution < -0.4 is 5.32 Å². The average Bonchev–Trinajstić information content (AvgIpc) is 2.23. The lowest BCUT2D eigenvalue weighted by atomic mass is 9.94. The van der Waals surface area contributed by atoms with Gasteiger partial charge in [-0.15, -0.1) is 0 Å². The lowest BCUT2D eigenvalue weighted by Gasteiger charge is -2.36. The Balaban J connectivity index is 1.68. The molecule has 1 aromatic rings. The van der Waals surface area contributed by atoms with Crippen LogP contribution in [0.1, 0.15) is 23.1 Å². The monoisotopic (exact) mass is 216 g/mol. The summed E-state index contributed by atoms with van der Waals surface area (Å²) in [5.74, 6) is 0. The zero-order chi connectivity index (χ0) is 11.0. The summed E-state index contributed by atoms with van der Waals surface area (Å²) >= 11 is 0. The lowest BCUT2D eigenvalue weighted by molar-refractivity contribution is 0.158. The second kappa shape index (κ2) is 4.19. The number of hydrogen-bond acceptors (Lipinski definition) is 2. The molecule has 0 spiro atoms. The van der Waals surface area contributed by atoms with Gasteiger partial charge in [-0.1, -0.05) is 23.8 Å². The first kappa shape index (κ1) is 10.3. The van der Waals surface area contributed by atoms with Crippen molar-refractivity contribution in [2.75, 3.05) is 19.6 Å². The number of hydrogen-bond donors (Lipinski definition) is 1. The van der Waals surface area contributed by atoms with Crippen LogP contribution in [0.15, 0.2) is 18.2 Å². The zero-order valence-electron chi connectivity index (χ0n) is 10.00. The Labute approximate surface area is 97.6 Å². The van der Waals surface area contributed by atoms with Gasteiger partial charge in [-0.2, -0.15) is 0 Å². The molecule has 2 heterocycles. The normalized spacial score (nSPS) is 24.9. The largest absolute Gasteiger partial charge is 0.308 e. The predicted octanol–water partition coefficient (Wildman–Crippen LogP) is 1.72. The highest BCUT2D eigenvalue weighted by Crippen LogP contribution is 2.19. The summed E-state index contributed by atoms with van der Waals surface area (Å²) in [5, 5.41) is 3.66. The first-order chi connectivity index (χ1) is 7.81. The fourth-order valence-electron chi connectivity index (χ4n) is 2.72. The van der Waals surface area contributed by atoms with E-state index in [1.165, 1.54) is 43.6 Å². The van der Waals surface area contributed by atoms with Crippen molar-refractivity contribution >= 4 is 0 Å². The Bertz CT molecular complexity index is 382. The minimum Gasteiger partial charge on any atom is -0.308 e. The molecule has 2 heteroatoms. The van der Waals surface area contributed by atoms with Gasteiger partial charge in [-0.3, -0.25) is 0 Å². The van der Waals surface area contributed by atoms with Crippen LogP contribution in [0.3, 0.4) is 0 Å². The molecule has 0 aliphatic carbocycles. The fourth-order valence-corrected chi connectivity index (χ4v) is 2.72. The van der Waals surface area contributed by atoms with E-state index in [-0.39, 0.29) is 0 Å². The first-order valence-electron chi connectivity index (χ1n) is 6.35. The maximum Gasteiger partial charge on any atom is 0.0238 e. The molecule has 0 radical (unpaired) electrons. The minimum absolute atomic E-state index is 0.663. The topological polar surface area (TPSA) is 15.3 Å². The highest BCUT2D eigenvalue weighted by atomic mass is 15.2. The molecule has 3 rings (SSSR count). The van der Waals surface area contributed by atoms with Gasteiger partial charge < -0.3 is 10.2 Å². The fraction of sp³-hybridized carbons (Fsp3) is 0.571. The molecular formula is C14H20N2. The predicted molar refractivity (Wildman–Crippen MR) is 66.6 cm³/mol. The third-order valence-corrected chi connectivity index (χ3v) is 3.84. The van der Waals surface area contributed by atoms with Crippen molar-refractivity contribution in [1.82, 2.24) is 10.2 Å². The Hall–Kier alpha value is -0.860. The van der Waals surface area contributed by atoms with Gasteiger partial charge in [0.25, 0.3) is 0 Å². The summed E-state index contributed by atoms with van der Waals surface area (Å²) < 4.78 is 0. The van der Waals surface area contributed by atoms with Gasteiger partial charge in [-0.25, -0.2) is 0 Å². The third-order valence-electron chi connectivity index (χ3n) is 3.84. The maximum atomic E-state index is 3.66. The average molecular weight is 216 g/mol. The zero-order valence-corrected chi connectivity index (χ0v) is 10.00. The molecule has 0 bridgehead atoms. The van der Waals surface area contributed by atoms with Crippen LogP contribution in [0.5, 0.6) is 0 Å². The van der Waals surface area contributed by atoms with E-state index >= 15 is 0 Å². The summed E-state index contributed by atoms with van der Waals surface area (Å²) in [7, 11) is 0. The summed E-state index contributed by atoms with van der Waals surface area (Å²) in [6.07, 6.45) is 2.59. The van der Waals surface area contributed by atoms with Gasteiger partial charge in [0.1, 0.15) is 0 Å². The van der Waals surface area contributed by atoms with E-state index in [1.54, 1.807) is 5.56 Å². The van der Waals surface area contributed by atoms with Crippen LogP contribution in [0.4, 0.5) is 0 Å². The number of rotatable bonds is 2. The first-order valence-corrected chi connectivity index (χ1v) is 6.35. The van der Waals surface area contributed by atoms with Crippen LogP contribution in [0.25, 0.3) is 0 Å². The molecule has 16 heavy (non-hydrogen) atoms. The van der Waals surface area contributed by atoms with E-state index in [9.17, 15) is 0 Å². The van der Waals surface area contributed by atoms with Crippen molar-refractivity contribution in [2.45, 2.75) is 32.4 Å². The third kappa shape index (κ3) is 2.00. The van der Waals surface area contributed by atoms with E-state index in [2.05, 4.69) is 35.3 Å². The van der Waals surface area contributed by atoms with Gasteiger partial charge in [-0.05, 0) is 44.0 Å². The number of benzene rings is 1. The van der Waals surface area contributed by atoms with Crippen LogP contribution >= 0.6 is 0 Å². The Kier molecular flexibility index (Phi) is 2.70. The molecule has 0 amide bonds. The molecule has 86 valence electrons. The second-order valence-corrected chi connectivity index (χ2v) is 5.21. The Morgan fingerprint density at radius 3 is 2.94 bits per heavy atom. The van der Waals surface area contributed by atoms with Gasteiger partial charge in [0, 0.05) is 19.1 Å². The number of likely N-dealkylation sites (tertiary alicyclic amines) is 1. The molecule has 0 saturated carbocycles. The standard InChI is InChI=1S/C14H20N2/c1-11-3-4-12-8-14(10-16-5-2-6-16)15-9-13(12)7-11/h3-4,7,14-15H,2,5-6,8-10H2,1H3. The summed E-state index contributed by atoms with van der Waals surface area (Å²) in [4.78, 5) is 2.55. The van der Waals surface area contributed by atoms with Crippen molar-refractivity contribution in [3.63, 3.8) is 0 Å². The van der Waals surface area contributed by atoms with E-state index in [4.69, 9.17) is 0 Å². The van der Waals surface area contributed by atoms with Crippen molar-refractivity contribution in [3.8, 4) is 0 Å². The Morgan fingerprint density at radius 1 is 1.31 bits per heavy atom. The molecule has 2 nitrogen and oxygen atoms in total. The number of fused-ring (bicyclic) bond motifs is 1. The second-order valence-electron chi connectivity index (χ2n) is 5.21. The quantitative estimate of drug-likeness (QED) is 0.809. The van der Waals surface area contributed by atoms with E-state index in [0.29, 0.717) is 6.04 Å². The molecule has 0 aromatic heterocycles. The molecule has 1 unspecified atom stereocenters. The van der Waals surface area contributed by atoms with Crippen molar-refractivity contribution in [1.29, 1.82) is 0 Å². The van der Waals surface area contributed by atoms with Crippen molar-refractivity contribution in [2.24, 2.45) is 0 Å². The Morgan fingerprint density at radius 2 is 2.19 bits per heavy atom. The molecule has 1 N–H and O–H groups in total.